The van der Waals surface area contributed by atoms with Crippen molar-refractivity contribution < 1.29 is 23.6 Å². The van der Waals surface area contributed by atoms with E-state index in [1.54, 1.807) is 12.1 Å². The monoisotopic (exact) mass is 423 g/mol. The Morgan fingerprint density at radius 1 is 1.16 bits per heavy atom. The van der Waals surface area contributed by atoms with Crippen LogP contribution >= 0.6 is 0 Å². The SMILES string of the molecule is COc1ccc(C(=O)N2CCNC(=O)C2Cc2nc(-c3ccccc3)no2)c(OC)n1. The lowest BCUT2D eigenvalue weighted by molar-refractivity contribution is -0.128. The summed E-state index contributed by atoms with van der Waals surface area (Å²) in [6, 6.07) is 11.7. The molecule has 160 valence electrons. The van der Waals surface area contributed by atoms with Gasteiger partial charge in [-0.05, 0) is 6.07 Å². The molecule has 1 aliphatic rings. The van der Waals surface area contributed by atoms with Gasteiger partial charge in [-0.1, -0.05) is 35.5 Å². The molecule has 1 aromatic carbocycles. The fraction of sp³-hybridized carbons (Fsp3) is 0.286. The molecule has 3 heterocycles. The van der Waals surface area contributed by atoms with Crippen molar-refractivity contribution in [2.45, 2.75) is 12.5 Å². The Morgan fingerprint density at radius 2 is 1.97 bits per heavy atom. The van der Waals surface area contributed by atoms with E-state index in [4.69, 9.17) is 14.0 Å². The summed E-state index contributed by atoms with van der Waals surface area (Å²) in [7, 11) is 2.89. The topological polar surface area (TPSA) is 120 Å². The first-order valence-corrected chi connectivity index (χ1v) is 9.66. The van der Waals surface area contributed by atoms with Crippen LogP contribution in [0.4, 0.5) is 0 Å². The Kier molecular flexibility index (Phi) is 5.78. The van der Waals surface area contributed by atoms with Gasteiger partial charge in [-0.25, -0.2) is 0 Å². The number of benzene rings is 1. The van der Waals surface area contributed by atoms with Crippen LogP contribution in [0.1, 0.15) is 16.2 Å². The van der Waals surface area contributed by atoms with Crippen molar-refractivity contribution in [1.82, 2.24) is 25.3 Å². The number of nitrogens with zero attached hydrogens (tertiary/aromatic N) is 4. The summed E-state index contributed by atoms with van der Waals surface area (Å²) in [5.41, 5.74) is 1.03. The highest BCUT2D eigenvalue weighted by molar-refractivity contribution is 6.00. The maximum absolute atomic E-state index is 13.3. The van der Waals surface area contributed by atoms with Gasteiger partial charge < -0.3 is 24.2 Å². The minimum Gasteiger partial charge on any atom is -0.481 e. The summed E-state index contributed by atoms with van der Waals surface area (Å²) in [5, 5.41) is 6.77. The zero-order valence-electron chi connectivity index (χ0n) is 17.1. The number of carbonyl (C=O) groups is 2. The summed E-state index contributed by atoms with van der Waals surface area (Å²) in [5.74, 6) is 0.456. The molecule has 1 unspecified atom stereocenters. The van der Waals surface area contributed by atoms with Gasteiger partial charge in [0.1, 0.15) is 11.6 Å². The number of aromatic nitrogens is 3. The van der Waals surface area contributed by atoms with Crippen LogP contribution in [0, 0.1) is 0 Å². The van der Waals surface area contributed by atoms with Gasteiger partial charge in [-0.15, -0.1) is 0 Å². The number of carbonyl (C=O) groups excluding carboxylic acids is 2. The number of rotatable bonds is 6. The van der Waals surface area contributed by atoms with E-state index in [1.165, 1.54) is 19.1 Å². The first-order valence-electron chi connectivity index (χ1n) is 9.66. The van der Waals surface area contributed by atoms with Crippen LogP contribution in [0.3, 0.4) is 0 Å². The van der Waals surface area contributed by atoms with Gasteiger partial charge >= 0.3 is 0 Å². The number of hydrogen-bond acceptors (Lipinski definition) is 8. The van der Waals surface area contributed by atoms with Crippen molar-refractivity contribution in [1.29, 1.82) is 0 Å². The first-order chi connectivity index (χ1) is 15.1. The molecule has 1 fully saturated rings. The molecular weight excluding hydrogens is 402 g/mol. The number of methoxy groups -OCH3 is 2. The predicted molar refractivity (Wildman–Crippen MR) is 109 cm³/mol. The van der Waals surface area contributed by atoms with Crippen LogP contribution in [0.2, 0.25) is 0 Å². The number of hydrogen-bond donors (Lipinski definition) is 1. The average molecular weight is 423 g/mol. The maximum Gasteiger partial charge on any atom is 0.260 e. The van der Waals surface area contributed by atoms with Gasteiger partial charge in [0.25, 0.3) is 5.91 Å². The molecule has 3 aromatic rings. The molecule has 0 bridgehead atoms. The number of nitrogens with one attached hydrogen (secondary N) is 1. The Hall–Kier alpha value is -3.95. The van der Waals surface area contributed by atoms with E-state index < -0.39 is 6.04 Å². The van der Waals surface area contributed by atoms with E-state index in [0.717, 1.165) is 5.56 Å². The maximum atomic E-state index is 13.3. The van der Waals surface area contributed by atoms with E-state index in [2.05, 4.69) is 20.4 Å². The Bertz CT molecular complexity index is 1080. The third kappa shape index (κ3) is 4.18. The van der Waals surface area contributed by atoms with Crippen LogP contribution in [0.5, 0.6) is 11.8 Å². The van der Waals surface area contributed by atoms with Gasteiger partial charge in [0.2, 0.25) is 29.4 Å². The average Bonchev–Trinajstić information content (AvgIpc) is 3.28. The summed E-state index contributed by atoms with van der Waals surface area (Å²) in [6.45, 7) is 0.663. The van der Waals surface area contributed by atoms with Gasteiger partial charge in [-0.2, -0.15) is 9.97 Å². The lowest BCUT2D eigenvalue weighted by Crippen LogP contribution is -2.58. The Labute approximate surface area is 178 Å². The van der Waals surface area contributed by atoms with Crippen LogP contribution < -0.4 is 14.8 Å². The number of piperazine rings is 1. The second kappa shape index (κ2) is 8.82. The summed E-state index contributed by atoms with van der Waals surface area (Å²) in [6.07, 6.45) is 0.0866. The highest BCUT2D eigenvalue weighted by Crippen LogP contribution is 2.24. The molecule has 4 rings (SSSR count). The van der Waals surface area contributed by atoms with Crippen molar-refractivity contribution in [3.05, 3.63) is 53.9 Å². The van der Waals surface area contributed by atoms with E-state index in [9.17, 15) is 9.59 Å². The standard InChI is InChI=1S/C21H21N5O5/c1-29-16-9-8-14(20(24-16)30-2)21(28)26-11-10-22-19(27)15(26)12-17-23-18(25-31-17)13-6-4-3-5-7-13/h3-9,15H,10-12H2,1-2H3,(H,22,27). The van der Waals surface area contributed by atoms with Gasteiger partial charge in [0.05, 0.1) is 20.6 Å². The Balaban J connectivity index is 1.59. The third-order valence-electron chi connectivity index (χ3n) is 4.93. The summed E-state index contributed by atoms with van der Waals surface area (Å²) in [4.78, 5) is 35.9. The zero-order chi connectivity index (χ0) is 21.8. The summed E-state index contributed by atoms with van der Waals surface area (Å²) >= 11 is 0. The number of amides is 2. The molecular formula is C21H21N5O5. The van der Waals surface area contributed by atoms with Gasteiger partial charge in [-0.3, -0.25) is 9.59 Å². The van der Waals surface area contributed by atoms with E-state index >= 15 is 0 Å². The normalized spacial score (nSPS) is 16.0. The van der Waals surface area contributed by atoms with Crippen molar-refractivity contribution in [2.24, 2.45) is 0 Å². The molecule has 1 aliphatic heterocycles. The zero-order valence-corrected chi connectivity index (χ0v) is 17.1. The van der Waals surface area contributed by atoms with E-state index in [-0.39, 0.29) is 35.6 Å². The van der Waals surface area contributed by atoms with E-state index in [1.807, 2.05) is 30.3 Å². The molecule has 0 aliphatic carbocycles. The molecule has 2 aromatic heterocycles. The van der Waals surface area contributed by atoms with Crippen molar-refractivity contribution in [3.8, 4) is 23.1 Å². The smallest absolute Gasteiger partial charge is 0.260 e. The third-order valence-corrected chi connectivity index (χ3v) is 4.93. The Morgan fingerprint density at radius 3 is 2.71 bits per heavy atom. The van der Waals surface area contributed by atoms with Crippen LogP contribution in [-0.4, -0.2) is 65.2 Å². The molecule has 0 radical (unpaired) electrons. The van der Waals surface area contributed by atoms with Gasteiger partial charge in [0, 0.05) is 24.7 Å². The lowest BCUT2D eigenvalue weighted by atomic mass is 10.1. The molecule has 2 amide bonds. The van der Waals surface area contributed by atoms with Crippen LogP contribution in [0.25, 0.3) is 11.4 Å². The van der Waals surface area contributed by atoms with Crippen molar-refractivity contribution in [2.75, 3.05) is 27.3 Å². The minimum atomic E-state index is -0.808. The van der Waals surface area contributed by atoms with Crippen molar-refractivity contribution >= 4 is 11.8 Å². The molecule has 1 atom stereocenters. The number of pyridine rings is 1. The molecule has 1 saturated heterocycles. The predicted octanol–water partition coefficient (Wildman–Crippen LogP) is 1.33. The molecule has 0 spiro atoms. The molecule has 10 nitrogen and oxygen atoms in total. The van der Waals surface area contributed by atoms with E-state index in [0.29, 0.717) is 24.8 Å². The minimum absolute atomic E-state index is 0.0866. The first kappa shape index (κ1) is 20.3. The molecule has 10 heteroatoms. The fourth-order valence-electron chi connectivity index (χ4n) is 3.38. The second-order valence-corrected chi connectivity index (χ2v) is 6.80. The number of ether oxygens (including phenoxy) is 2. The van der Waals surface area contributed by atoms with Gasteiger partial charge in [0.15, 0.2) is 0 Å². The molecule has 1 N–H and O–H groups in total. The van der Waals surface area contributed by atoms with Crippen molar-refractivity contribution in [3.63, 3.8) is 0 Å². The van der Waals surface area contributed by atoms with Crippen LogP contribution in [0.15, 0.2) is 47.0 Å². The molecule has 0 saturated carbocycles. The second-order valence-electron chi connectivity index (χ2n) is 6.80. The lowest BCUT2D eigenvalue weighted by Gasteiger charge is -2.34. The highest BCUT2D eigenvalue weighted by atomic mass is 16.5. The molecule has 31 heavy (non-hydrogen) atoms. The quantitative estimate of drug-likeness (QED) is 0.631. The van der Waals surface area contributed by atoms with Crippen LogP contribution in [-0.2, 0) is 11.2 Å². The highest BCUT2D eigenvalue weighted by Gasteiger charge is 2.36. The fourth-order valence-corrected chi connectivity index (χ4v) is 3.38. The summed E-state index contributed by atoms with van der Waals surface area (Å²) < 4.78 is 15.7. The largest absolute Gasteiger partial charge is 0.481 e.